The Hall–Kier alpha value is -1.61. The maximum absolute atomic E-state index is 13.3. The fraction of sp³-hybridized carbons (Fsp3) is 0.182. The van der Waals surface area contributed by atoms with Gasteiger partial charge in [-0.3, -0.25) is 9.82 Å². The number of hydrogen-bond donors (Lipinski definition) is 3. The third-order valence-electron chi connectivity index (χ3n) is 2.68. The summed E-state index contributed by atoms with van der Waals surface area (Å²) < 4.78 is 40.2. The van der Waals surface area contributed by atoms with Crippen molar-refractivity contribution in [3.8, 4) is 0 Å². The van der Waals surface area contributed by atoms with Gasteiger partial charge in [0.2, 0.25) is 0 Å². The van der Waals surface area contributed by atoms with Crippen molar-refractivity contribution >= 4 is 37.5 Å². The first kappa shape index (κ1) is 14.8. The quantitative estimate of drug-likeness (QED) is 0.726. The highest BCUT2D eigenvalue weighted by atomic mass is 79.9. The number of aromatic nitrogens is 2. The molecule has 2 aromatic rings. The number of sulfonamides is 1. The number of nitrogens with zero attached hydrogens (tertiary/aromatic N) is 1. The smallest absolute Gasteiger partial charge is 0.265 e. The zero-order valence-electron chi connectivity index (χ0n) is 10.4. The van der Waals surface area contributed by atoms with E-state index in [-0.39, 0.29) is 20.9 Å². The molecular formula is C11H12BrFN4O2S. The minimum atomic E-state index is -3.93. The van der Waals surface area contributed by atoms with Gasteiger partial charge in [0.1, 0.15) is 16.5 Å². The van der Waals surface area contributed by atoms with Crippen molar-refractivity contribution in [2.45, 2.75) is 18.2 Å². The number of nitrogens with one attached hydrogen (secondary N) is 2. The molecule has 108 valence electrons. The Morgan fingerprint density at radius 3 is 2.85 bits per heavy atom. The van der Waals surface area contributed by atoms with Crippen molar-refractivity contribution in [1.82, 2.24) is 10.2 Å². The standard InChI is InChI=1S/C11H12BrFN4O2S/c1-2-6-5-15-16-11(6)17-20(18,19)10-3-7(12)8(13)4-9(10)14/h3-5H,2,14H2,1H3,(H2,15,16,17). The number of nitrogens with two attached hydrogens (primary N) is 1. The van der Waals surface area contributed by atoms with E-state index in [2.05, 4.69) is 30.8 Å². The number of aromatic amines is 1. The lowest BCUT2D eigenvalue weighted by Crippen LogP contribution is -2.16. The van der Waals surface area contributed by atoms with Gasteiger partial charge in [-0.15, -0.1) is 0 Å². The molecule has 6 nitrogen and oxygen atoms in total. The average Bonchev–Trinajstić information content (AvgIpc) is 2.80. The third-order valence-corrected chi connectivity index (χ3v) is 4.69. The van der Waals surface area contributed by atoms with Gasteiger partial charge in [0.15, 0.2) is 0 Å². The van der Waals surface area contributed by atoms with E-state index < -0.39 is 15.8 Å². The van der Waals surface area contributed by atoms with E-state index in [1.807, 2.05) is 6.92 Å². The van der Waals surface area contributed by atoms with E-state index in [9.17, 15) is 12.8 Å². The van der Waals surface area contributed by atoms with E-state index in [1.165, 1.54) is 6.20 Å². The minimum Gasteiger partial charge on any atom is -0.398 e. The van der Waals surface area contributed by atoms with Crippen molar-refractivity contribution < 1.29 is 12.8 Å². The molecule has 0 atom stereocenters. The average molecular weight is 363 g/mol. The summed E-state index contributed by atoms with van der Waals surface area (Å²) in [6.45, 7) is 1.87. The minimum absolute atomic E-state index is 0.0207. The summed E-state index contributed by atoms with van der Waals surface area (Å²) in [6, 6.07) is 2.07. The van der Waals surface area contributed by atoms with Crippen LogP contribution in [0.5, 0.6) is 0 Å². The molecule has 0 radical (unpaired) electrons. The number of halogens is 2. The molecule has 0 spiro atoms. The molecule has 0 aliphatic rings. The Labute approximate surface area is 123 Å². The van der Waals surface area contributed by atoms with E-state index in [0.29, 0.717) is 12.0 Å². The Morgan fingerprint density at radius 2 is 2.20 bits per heavy atom. The first-order chi connectivity index (χ1) is 9.35. The number of rotatable bonds is 4. The Morgan fingerprint density at radius 1 is 1.50 bits per heavy atom. The third kappa shape index (κ3) is 2.78. The van der Waals surface area contributed by atoms with Gasteiger partial charge in [0.25, 0.3) is 10.0 Å². The van der Waals surface area contributed by atoms with Crippen LogP contribution in [0.2, 0.25) is 0 Å². The lowest BCUT2D eigenvalue weighted by molar-refractivity contribution is 0.599. The van der Waals surface area contributed by atoms with Gasteiger partial charge in [-0.1, -0.05) is 6.92 Å². The molecule has 0 unspecified atom stereocenters. The van der Waals surface area contributed by atoms with Crippen LogP contribution in [0, 0.1) is 5.82 Å². The molecule has 1 aromatic heterocycles. The Bertz CT molecular complexity index is 745. The van der Waals surface area contributed by atoms with E-state index in [4.69, 9.17) is 5.73 Å². The highest BCUT2D eigenvalue weighted by Gasteiger charge is 2.21. The molecular weight excluding hydrogens is 351 g/mol. The molecule has 4 N–H and O–H groups in total. The van der Waals surface area contributed by atoms with Gasteiger partial charge in [-0.2, -0.15) is 5.10 Å². The SMILES string of the molecule is CCc1cn[nH]c1NS(=O)(=O)c1cc(Br)c(F)cc1N. The van der Waals surface area contributed by atoms with Crippen LogP contribution in [0.1, 0.15) is 12.5 Å². The van der Waals surface area contributed by atoms with Crippen molar-refractivity contribution in [2.75, 3.05) is 10.5 Å². The largest absolute Gasteiger partial charge is 0.398 e. The topological polar surface area (TPSA) is 101 Å². The van der Waals surface area contributed by atoms with Gasteiger partial charge in [-0.05, 0) is 34.5 Å². The molecule has 20 heavy (non-hydrogen) atoms. The van der Waals surface area contributed by atoms with E-state index in [1.54, 1.807) is 0 Å². The summed E-state index contributed by atoms with van der Waals surface area (Å²) in [6.07, 6.45) is 2.14. The van der Waals surface area contributed by atoms with Gasteiger partial charge in [0, 0.05) is 5.56 Å². The van der Waals surface area contributed by atoms with Crippen molar-refractivity contribution in [2.24, 2.45) is 0 Å². The van der Waals surface area contributed by atoms with Crippen molar-refractivity contribution in [1.29, 1.82) is 0 Å². The van der Waals surface area contributed by atoms with Crippen LogP contribution in [-0.4, -0.2) is 18.6 Å². The highest BCUT2D eigenvalue weighted by molar-refractivity contribution is 9.10. The van der Waals surface area contributed by atoms with Gasteiger partial charge >= 0.3 is 0 Å². The van der Waals surface area contributed by atoms with Gasteiger partial charge < -0.3 is 5.73 Å². The Balaban J connectivity index is 2.43. The molecule has 0 saturated heterocycles. The summed E-state index contributed by atoms with van der Waals surface area (Å²) >= 11 is 2.94. The highest BCUT2D eigenvalue weighted by Crippen LogP contribution is 2.28. The molecule has 1 heterocycles. The molecule has 0 fully saturated rings. The molecule has 0 saturated carbocycles. The molecule has 9 heteroatoms. The molecule has 0 aliphatic heterocycles. The van der Waals surface area contributed by atoms with Crippen molar-refractivity contribution in [3.63, 3.8) is 0 Å². The molecule has 2 rings (SSSR count). The molecule has 0 aliphatic carbocycles. The maximum Gasteiger partial charge on any atom is 0.265 e. The monoisotopic (exact) mass is 362 g/mol. The fourth-order valence-electron chi connectivity index (χ4n) is 1.63. The summed E-state index contributed by atoms with van der Waals surface area (Å²) in [5, 5.41) is 6.33. The van der Waals surface area contributed by atoms with Gasteiger partial charge in [-0.25, -0.2) is 12.8 Å². The number of H-pyrrole nitrogens is 1. The molecule has 1 aromatic carbocycles. The second-order valence-electron chi connectivity index (χ2n) is 4.03. The zero-order chi connectivity index (χ0) is 14.9. The predicted molar refractivity (Wildman–Crippen MR) is 77.3 cm³/mol. The number of hydrogen-bond acceptors (Lipinski definition) is 4. The van der Waals surface area contributed by atoms with Crippen LogP contribution in [-0.2, 0) is 16.4 Å². The van der Waals surface area contributed by atoms with Crippen LogP contribution >= 0.6 is 15.9 Å². The van der Waals surface area contributed by atoms with Gasteiger partial charge in [0.05, 0.1) is 16.4 Å². The van der Waals surface area contributed by atoms with Crippen LogP contribution in [0.25, 0.3) is 0 Å². The number of benzene rings is 1. The fourth-order valence-corrected chi connectivity index (χ4v) is 3.33. The zero-order valence-corrected chi connectivity index (χ0v) is 12.8. The van der Waals surface area contributed by atoms with E-state index in [0.717, 1.165) is 12.1 Å². The molecule has 0 bridgehead atoms. The maximum atomic E-state index is 13.3. The number of nitrogen functional groups attached to an aromatic ring is 1. The lowest BCUT2D eigenvalue weighted by Gasteiger charge is -2.10. The number of anilines is 2. The van der Waals surface area contributed by atoms with E-state index >= 15 is 0 Å². The first-order valence-electron chi connectivity index (χ1n) is 5.64. The van der Waals surface area contributed by atoms with Crippen molar-refractivity contribution in [3.05, 3.63) is 34.2 Å². The normalized spacial score (nSPS) is 11.6. The summed E-state index contributed by atoms with van der Waals surface area (Å²) in [5.74, 6) is -0.357. The molecule has 0 amide bonds. The second-order valence-corrected chi connectivity index (χ2v) is 6.54. The first-order valence-corrected chi connectivity index (χ1v) is 7.92. The lowest BCUT2D eigenvalue weighted by atomic mass is 10.3. The van der Waals surface area contributed by atoms with Crippen LogP contribution < -0.4 is 10.5 Å². The summed E-state index contributed by atoms with van der Waals surface area (Å²) in [4.78, 5) is -0.206. The number of aryl methyl sites for hydroxylation is 1. The summed E-state index contributed by atoms with van der Waals surface area (Å²) in [5.41, 5.74) is 6.12. The van der Waals surface area contributed by atoms with Crippen LogP contribution in [0.4, 0.5) is 15.9 Å². The predicted octanol–water partition coefficient (Wildman–Crippen LogP) is 2.26. The van der Waals surface area contributed by atoms with Crippen LogP contribution in [0.15, 0.2) is 27.7 Å². The van der Waals surface area contributed by atoms with Crippen LogP contribution in [0.3, 0.4) is 0 Å². The Kier molecular flexibility index (Phi) is 4.00. The summed E-state index contributed by atoms with van der Waals surface area (Å²) in [7, 11) is -3.93. The second kappa shape index (κ2) is 5.41.